The van der Waals surface area contributed by atoms with Crippen LogP contribution in [0, 0.1) is 0 Å². The second-order valence-electron chi connectivity index (χ2n) is 3.37. The molecular weight excluding hydrogens is 252 g/mol. The average molecular weight is 270 g/mol. The Kier molecular flexibility index (Phi) is 10.8. The van der Waals surface area contributed by atoms with Gasteiger partial charge in [0.25, 0.3) is 0 Å². The highest BCUT2D eigenvalue weighted by atomic mass is 16.6. The van der Waals surface area contributed by atoms with Crippen molar-refractivity contribution < 1.29 is 29.0 Å². The molecular formula is C13H18O6. The maximum absolute atomic E-state index is 10.8. The van der Waals surface area contributed by atoms with Crippen LogP contribution in [-0.2, 0) is 23.9 Å². The molecule has 0 aromatic carbocycles. The van der Waals surface area contributed by atoms with Gasteiger partial charge in [0.1, 0.15) is 13.2 Å². The molecule has 0 fully saturated rings. The molecule has 106 valence electrons. The normalized spacial score (nSPS) is 8.32. The van der Waals surface area contributed by atoms with Gasteiger partial charge >= 0.3 is 17.9 Å². The highest BCUT2D eigenvalue weighted by Crippen LogP contribution is 1.94. The number of ether oxygens (including phenoxy) is 2. The van der Waals surface area contributed by atoms with E-state index in [0.29, 0.717) is 11.1 Å². The van der Waals surface area contributed by atoms with Crippen LogP contribution in [0.3, 0.4) is 0 Å². The lowest BCUT2D eigenvalue weighted by molar-refractivity contribution is -0.147. The molecule has 1 N–H and O–H groups in total. The van der Waals surface area contributed by atoms with Gasteiger partial charge in [0.15, 0.2) is 0 Å². The van der Waals surface area contributed by atoms with Gasteiger partial charge in [-0.15, -0.1) is 0 Å². The summed E-state index contributed by atoms with van der Waals surface area (Å²) in [6, 6.07) is 0. The molecule has 19 heavy (non-hydrogen) atoms. The van der Waals surface area contributed by atoms with Gasteiger partial charge in [-0.1, -0.05) is 19.7 Å². The SMILES string of the molecule is C=C(C)C(=O)OCCOC(=O)C(=C)C.C=CC(=O)O. The van der Waals surface area contributed by atoms with Crippen LogP contribution in [0.1, 0.15) is 13.8 Å². The van der Waals surface area contributed by atoms with Gasteiger partial charge in [0.2, 0.25) is 0 Å². The highest BCUT2D eigenvalue weighted by Gasteiger charge is 2.05. The van der Waals surface area contributed by atoms with Crippen LogP contribution in [0.2, 0.25) is 0 Å². The molecule has 0 aromatic rings. The molecule has 0 heterocycles. The molecule has 0 atom stereocenters. The third-order valence-electron chi connectivity index (χ3n) is 1.42. The monoisotopic (exact) mass is 270 g/mol. The Morgan fingerprint density at radius 3 is 1.42 bits per heavy atom. The Morgan fingerprint density at radius 1 is 1.00 bits per heavy atom. The number of carboxylic acid groups (broad SMARTS) is 1. The third-order valence-corrected chi connectivity index (χ3v) is 1.42. The molecule has 0 rings (SSSR count). The van der Waals surface area contributed by atoms with E-state index < -0.39 is 17.9 Å². The summed E-state index contributed by atoms with van der Waals surface area (Å²) in [6.07, 6.45) is 0.833. The van der Waals surface area contributed by atoms with Gasteiger partial charge in [-0.05, 0) is 13.8 Å². The van der Waals surface area contributed by atoms with Crippen LogP contribution in [0.25, 0.3) is 0 Å². The summed E-state index contributed by atoms with van der Waals surface area (Å²) in [5.74, 6) is -1.96. The molecule has 0 aliphatic rings. The zero-order valence-corrected chi connectivity index (χ0v) is 11.1. The quantitative estimate of drug-likeness (QED) is 0.446. The number of carbonyl (C=O) groups is 3. The molecule has 6 nitrogen and oxygen atoms in total. The molecule has 0 spiro atoms. The number of hydrogen-bond acceptors (Lipinski definition) is 5. The van der Waals surface area contributed by atoms with E-state index in [4.69, 9.17) is 5.11 Å². The fourth-order valence-electron chi connectivity index (χ4n) is 0.515. The molecule has 0 aromatic heterocycles. The summed E-state index contributed by atoms with van der Waals surface area (Å²) >= 11 is 0. The number of esters is 2. The molecule has 0 saturated heterocycles. The maximum atomic E-state index is 10.8. The van der Waals surface area contributed by atoms with Crippen molar-refractivity contribution in [1.29, 1.82) is 0 Å². The smallest absolute Gasteiger partial charge is 0.333 e. The number of hydrogen-bond donors (Lipinski definition) is 1. The largest absolute Gasteiger partial charge is 0.478 e. The molecule has 0 aliphatic carbocycles. The summed E-state index contributed by atoms with van der Waals surface area (Å²) in [6.45, 7) is 12.9. The van der Waals surface area contributed by atoms with Gasteiger partial charge in [0.05, 0.1) is 0 Å². The van der Waals surface area contributed by atoms with Crippen LogP contribution in [0.15, 0.2) is 37.0 Å². The fraction of sp³-hybridized carbons (Fsp3) is 0.308. The lowest BCUT2D eigenvalue weighted by Gasteiger charge is -2.05. The van der Waals surface area contributed by atoms with Crippen LogP contribution >= 0.6 is 0 Å². The Bertz CT molecular complexity index is 353. The molecule has 0 amide bonds. The molecule has 0 saturated carbocycles. The van der Waals surface area contributed by atoms with Crippen molar-refractivity contribution in [3.63, 3.8) is 0 Å². The van der Waals surface area contributed by atoms with Crippen LogP contribution in [0.4, 0.5) is 0 Å². The number of carbonyl (C=O) groups excluding carboxylic acids is 2. The highest BCUT2D eigenvalue weighted by molar-refractivity contribution is 5.87. The zero-order chi connectivity index (χ0) is 15.4. The Morgan fingerprint density at radius 2 is 1.26 bits per heavy atom. The van der Waals surface area contributed by atoms with Crippen molar-refractivity contribution in [1.82, 2.24) is 0 Å². The lowest BCUT2D eigenvalue weighted by atomic mass is 10.4. The average Bonchev–Trinajstić information content (AvgIpc) is 2.34. The Labute approximate surface area is 112 Å². The minimum Gasteiger partial charge on any atom is -0.478 e. The van der Waals surface area contributed by atoms with E-state index in [1.807, 2.05) is 0 Å². The fourth-order valence-corrected chi connectivity index (χ4v) is 0.515. The molecule has 0 aliphatic heterocycles. The maximum Gasteiger partial charge on any atom is 0.333 e. The van der Waals surface area contributed by atoms with E-state index in [0.717, 1.165) is 6.08 Å². The van der Waals surface area contributed by atoms with E-state index >= 15 is 0 Å². The van der Waals surface area contributed by atoms with Crippen LogP contribution < -0.4 is 0 Å². The first-order chi connectivity index (χ1) is 8.72. The Balaban J connectivity index is 0. The van der Waals surface area contributed by atoms with Crippen LogP contribution in [-0.4, -0.2) is 36.2 Å². The second kappa shape index (κ2) is 10.8. The molecule has 0 unspecified atom stereocenters. The van der Waals surface area contributed by atoms with E-state index in [-0.39, 0.29) is 13.2 Å². The van der Waals surface area contributed by atoms with Gasteiger partial charge in [-0.2, -0.15) is 0 Å². The first kappa shape index (κ1) is 19.0. The summed E-state index contributed by atoms with van der Waals surface area (Å²) < 4.78 is 9.38. The minimum atomic E-state index is -0.981. The van der Waals surface area contributed by atoms with Crippen molar-refractivity contribution >= 4 is 17.9 Å². The third kappa shape index (κ3) is 13.6. The molecule has 0 radical (unpaired) electrons. The van der Waals surface area contributed by atoms with Crippen LogP contribution in [0.5, 0.6) is 0 Å². The molecule has 6 heteroatoms. The van der Waals surface area contributed by atoms with Crippen molar-refractivity contribution in [2.75, 3.05) is 13.2 Å². The standard InChI is InChI=1S/C10H14O4.C3H4O2/c1-7(2)9(11)13-5-6-14-10(12)8(3)4;1-2-3(4)5/h1,3,5-6H2,2,4H3;2H,1H2,(H,4,5). The van der Waals surface area contributed by atoms with E-state index in [2.05, 4.69) is 29.2 Å². The summed E-state index contributed by atoms with van der Waals surface area (Å²) in [5.41, 5.74) is 0.632. The lowest BCUT2D eigenvalue weighted by Crippen LogP contribution is -2.14. The van der Waals surface area contributed by atoms with Crippen molar-refractivity contribution in [2.24, 2.45) is 0 Å². The predicted molar refractivity (Wildman–Crippen MR) is 69.4 cm³/mol. The first-order valence-corrected chi connectivity index (χ1v) is 5.23. The second-order valence-corrected chi connectivity index (χ2v) is 3.37. The number of aliphatic carboxylic acids is 1. The summed E-state index contributed by atoms with van der Waals surface area (Å²) in [5, 5.41) is 7.60. The zero-order valence-electron chi connectivity index (χ0n) is 11.1. The topological polar surface area (TPSA) is 89.9 Å². The minimum absolute atomic E-state index is 0.0325. The summed E-state index contributed by atoms with van der Waals surface area (Å²) in [4.78, 5) is 30.9. The Hall–Kier alpha value is -2.37. The van der Waals surface area contributed by atoms with Gasteiger partial charge in [-0.25, -0.2) is 14.4 Å². The van der Waals surface area contributed by atoms with E-state index in [9.17, 15) is 14.4 Å². The number of carboxylic acids is 1. The van der Waals surface area contributed by atoms with Gasteiger partial charge in [0, 0.05) is 17.2 Å². The molecule has 0 bridgehead atoms. The first-order valence-electron chi connectivity index (χ1n) is 5.23. The van der Waals surface area contributed by atoms with Gasteiger partial charge in [-0.3, -0.25) is 0 Å². The predicted octanol–water partition coefficient (Wildman–Crippen LogP) is 1.48. The number of rotatable bonds is 6. The van der Waals surface area contributed by atoms with Crippen molar-refractivity contribution in [3.05, 3.63) is 37.0 Å². The van der Waals surface area contributed by atoms with E-state index in [1.54, 1.807) is 13.8 Å². The van der Waals surface area contributed by atoms with E-state index in [1.165, 1.54) is 0 Å². The van der Waals surface area contributed by atoms with Gasteiger partial charge < -0.3 is 14.6 Å². The van der Waals surface area contributed by atoms with Crippen molar-refractivity contribution in [3.8, 4) is 0 Å². The summed E-state index contributed by atoms with van der Waals surface area (Å²) in [7, 11) is 0. The van der Waals surface area contributed by atoms with Crippen molar-refractivity contribution in [2.45, 2.75) is 13.8 Å².